The Labute approximate surface area is 95.8 Å². The van der Waals surface area contributed by atoms with Crippen LogP contribution in [0.1, 0.15) is 5.69 Å². The van der Waals surface area contributed by atoms with Crippen LogP contribution in [0.5, 0.6) is 0 Å². The number of aromatic nitrogens is 1. The molecule has 1 rings (SSSR count). The maximum absolute atomic E-state index is 12.1. The number of halogens is 3. The summed E-state index contributed by atoms with van der Waals surface area (Å²) in [6.45, 7) is 0. The first-order chi connectivity index (χ1) is 7.82. The monoisotopic (exact) mass is 245 g/mol. The van der Waals surface area contributed by atoms with Gasteiger partial charge in [0, 0.05) is 20.3 Å². The van der Waals surface area contributed by atoms with Crippen molar-refractivity contribution in [2.75, 3.05) is 14.1 Å². The molecule has 0 aromatic carbocycles. The number of hydrogen-bond acceptors (Lipinski definition) is 2. The fraction of sp³-hybridized carbons (Fsp3) is 0.300. The molecule has 0 saturated carbocycles. The normalized spacial score (nSPS) is 12.4. The highest BCUT2D eigenvalue weighted by atomic mass is 19.4. The SMILES string of the molecule is CN(C)C(=NC(=O)C(F)(F)F)c1ccccn1. The third kappa shape index (κ3) is 3.54. The van der Waals surface area contributed by atoms with Gasteiger partial charge < -0.3 is 4.90 Å². The molecular weight excluding hydrogens is 235 g/mol. The maximum Gasteiger partial charge on any atom is 0.473 e. The summed E-state index contributed by atoms with van der Waals surface area (Å²) in [6, 6.07) is 4.68. The van der Waals surface area contributed by atoms with Crippen molar-refractivity contribution in [3.8, 4) is 0 Å². The second-order valence-corrected chi connectivity index (χ2v) is 3.35. The second kappa shape index (κ2) is 4.94. The molecule has 0 bridgehead atoms. The van der Waals surface area contributed by atoms with Crippen LogP contribution in [0.2, 0.25) is 0 Å². The minimum atomic E-state index is -4.98. The highest BCUT2D eigenvalue weighted by Crippen LogP contribution is 2.17. The lowest BCUT2D eigenvalue weighted by atomic mass is 10.3. The molecule has 1 aromatic rings. The number of rotatable bonds is 1. The summed E-state index contributed by atoms with van der Waals surface area (Å²) in [6.07, 6.45) is -3.57. The van der Waals surface area contributed by atoms with Gasteiger partial charge in [-0.3, -0.25) is 9.78 Å². The number of amides is 1. The zero-order valence-corrected chi connectivity index (χ0v) is 9.19. The zero-order valence-electron chi connectivity index (χ0n) is 9.19. The lowest BCUT2D eigenvalue weighted by Gasteiger charge is -2.14. The Kier molecular flexibility index (Phi) is 3.82. The Morgan fingerprint density at radius 3 is 2.41 bits per heavy atom. The molecule has 17 heavy (non-hydrogen) atoms. The number of carbonyl (C=O) groups excluding carboxylic acids is 1. The van der Waals surface area contributed by atoms with Crippen molar-refractivity contribution in [2.24, 2.45) is 4.99 Å². The van der Waals surface area contributed by atoms with Crippen LogP contribution in [-0.2, 0) is 4.79 Å². The average Bonchev–Trinajstić information content (AvgIpc) is 2.25. The molecule has 4 nitrogen and oxygen atoms in total. The van der Waals surface area contributed by atoms with Gasteiger partial charge >= 0.3 is 12.1 Å². The van der Waals surface area contributed by atoms with Crippen LogP contribution in [0.15, 0.2) is 29.4 Å². The van der Waals surface area contributed by atoms with Crippen LogP contribution in [0.3, 0.4) is 0 Å². The minimum absolute atomic E-state index is 0.132. The molecule has 0 radical (unpaired) electrons. The number of nitrogens with zero attached hydrogens (tertiary/aromatic N) is 3. The van der Waals surface area contributed by atoms with Gasteiger partial charge in [0.25, 0.3) is 0 Å². The van der Waals surface area contributed by atoms with Gasteiger partial charge in [-0.25, -0.2) is 0 Å². The molecule has 1 heterocycles. The molecule has 0 fully saturated rings. The lowest BCUT2D eigenvalue weighted by Crippen LogP contribution is -2.29. The predicted octanol–water partition coefficient (Wildman–Crippen LogP) is 1.48. The summed E-state index contributed by atoms with van der Waals surface area (Å²) in [7, 11) is 2.97. The van der Waals surface area contributed by atoms with Crippen molar-refractivity contribution in [1.82, 2.24) is 9.88 Å². The van der Waals surface area contributed by atoms with E-state index in [9.17, 15) is 18.0 Å². The van der Waals surface area contributed by atoms with Crippen LogP contribution < -0.4 is 0 Å². The fourth-order valence-electron chi connectivity index (χ4n) is 1.04. The van der Waals surface area contributed by atoms with Crippen molar-refractivity contribution in [3.63, 3.8) is 0 Å². The van der Waals surface area contributed by atoms with E-state index in [4.69, 9.17) is 0 Å². The number of aliphatic imine (C=N–C) groups is 1. The standard InChI is InChI=1S/C10H10F3N3O/c1-16(2)8(7-5-3-4-6-14-7)15-9(17)10(11,12)13/h3-6H,1-2H3. The van der Waals surface area contributed by atoms with E-state index in [2.05, 4.69) is 9.98 Å². The van der Waals surface area contributed by atoms with Crippen molar-refractivity contribution in [1.29, 1.82) is 0 Å². The first kappa shape index (κ1) is 13.1. The molecule has 1 aromatic heterocycles. The Balaban J connectivity index is 3.12. The number of alkyl halides is 3. The van der Waals surface area contributed by atoms with Gasteiger partial charge in [0.1, 0.15) is 5.69 Å². The minimum Gasteiger partial charge on any atom is -0.361 e. The summed E-state index contributed by atoms with van der Waals surface area (Å²) in [5.74, 6) is -2.28. The Hall–Kier alpha value is -1.92. The number of pyridine rings is 1. The van der Waals surface area contributed by atoms with Gasteiger partial charge in [0.2, 0.25) is 0 Å². The molecule has 0 aliphatic rings. The molecule has 0 N–H and O–H groups in total. The number of carbonyl (C=O) groups is 1. The average molecular weight is 245 g/mol. The quantitative estimate of drug-likeness (QED) is 0.556. The van der Waals surface area contributed by atoms with E-state index < -0.39 is 12.1 Å². The van der Waals surface area contributed by atoms with E-state index in [1.54, 1.807) is 12.1 Å². The van der Waals surface area contributed by atoms with Crippen molar-refractivity contribution < 1.29 is 18.0 Å². The van der Waals surface area contributed by atoms with Gasteiger partial charge in [0.05, 0.1) is 0 Å². The van der Waals surface area contributed by atoms with Gasteiger partial charge in [-0.15, -0.1) is 0 Å². The van der Waals surface area contributed by atoms with Gasteiger partial charge in [-0.05, 0) is 12.1 Å². The summed E-state index contributed by atoms with van der Waals surface area (Å²) >= 11 is 0. The van der Waals surface area contributed by atoms with Gasteiger partial charge in [-0.2, -0.15) is 18.2 Å². The van der Waals surface area contributed by atoms with E-state index in [1.165, 1.54) is 31.3 Å². The van der Waals surface area contributed by atoms with Crippen molar-refractivity contribution in [2.45, 2.75) is 6.18 Å². The maximum atomic E-state index is 12.1. The first-order valence-electron chi connectivity index (χ1n) is 4.61. The molecule has 0 aliphatic carbocycles. The van der Waals surface area contributed by atoms with E-state index in [-0.39, 0.29) is 11.5 Å². The Morgan fingerprint density at radius 1 is 1.35 bits per heavy atom. The molecule has 92 valence electrons. The zero-order chi connectivity index (χ0) is 13.1. The topological polar surface area (TPSA) is 45.6 Å². The van der Waals surface area contributed by atoms with Crippen LogP contribution in [-0.4, -0.2) is 41.9 Å². The number of amidine groups is 1. The van der Waals surface area contributed by atoms with E-state index in [0.29, 0.717) is 0 Å². The predicted molar refractivity (Wildman–Crippen MR) is 55.5 cm³/mol. The molecule has 1 amide bonds. The van der Waals surface area contributed by atoms with Crippen LogP contribution in [0.25, 0.3) is 0 Å². The lowest BCUT2D eigenvalue weighted by molar-refractivity contribution is -0.169. The van der Waals surface area contributed by atoms with Crippen molar-refractivity contribution >= 4 is 11.7 Å². The van der Waals surface area contributed by atoms with Crippen LogP contribution in [0, 0.1) is 0 Å². The van der Waals surface area contributed by atoms with Gasteiger partial charge in [0.15, 0.2) is 5.84 Å². The summed E-state index contributed by atoms with van der Waals surface area (Å²) in [5.41, 5.74) is 0.204. The number of hydrogen-bond donors (Lipinski definition) is 0. The first-order valence-corrected chi connectivity index (χ1v) is 4.61. The Bertz CT molecular complexity index is 426. The molecule has 0 aliphatic heterocycles. The highest BCUT2D eigenvalue weighted by Gasteiger charge is 2.39. The van der Waals surface area contributed by atoms with E-state index >= 15 is 0 Å². The third-order valence-corrected chi connectivity index (χ3v) is 1.77. The van der Waals surface area contributed by atoms with Crippen LogP contribution in [0.4, 0.5) is 13.2 Å². The van der Waals surface area contributed by atoms with Crippen LogP contribution >= 0.6 is 0 Å². The largest absolute Gasteiger partial charge is 0.473 e. The van der Waals surface area contributed by atoms with E-state index in [0.717, 1.165) is 0 Å². The van der Waals surface area contributed by atoms with Crippen molar-refractivity contribution in [3.05, 3.63) is 30.1 Å². The smallest absolute Gasteiger partial charge is 0.361 e. The molecular formula is C10H10F3N3O. The highest BCUT2D eigenvalue weighted by molar-refractivity contribution is 6.04. The molecule has 0 spiro atoms. The molecule has 0 unspecified atom stereocenters. The molecule has 0 atom stereocenters. The summed E-state index contributed by atoms with van der Waals surface area (Å²) in [4.78, 5) is 19.0. The van der Waals surface area contributed by atoms with E-state index in [1.807, 2.05) is 0 Å². The third-order valence-electron chi connectivity index (χ3n) is 1.77. The fourth-order valence-corrected chi connectivity index (χ4v) is 1.04. The summed E-state index contributed by atoms with van der Waals surface area (Å²) < 4.78 is 36.3. The Morgan fingerprint density at radius 2 is 2.00 bits per heavy atom. The molecule has 0 saturated heterocycles. The van der Waals surface area contributed by atoms with Gasteiger partial charge in [-0.1, -0.05) is 6.07 Å². The molecule has 7 heteroatoms. The summed E-state index contributed by atoms with van der Waals surface area (Å²) in [5, 5.41) is 0. The second-order valence-electron chi connectivity index (χ2n) is 3.35.